The summed E-state index contributed by atoms with van der Waals surface area (Å²) in [6.07, 6.45) is 10.2. The molecule has 2 N–H and O–H groups in total. The summed E-state index contributed by atoms with van der Waals surface area (Å²) in [5, 5.41) is 3.41. The Morgan fingerprint density at radius 3 is 2.44 bits per heavy atom. The molecule has 1 atom stereocenters. The van der Waals surface area contributed by atoms with Gasteiger partial charge in [-0.2, -0.15) is 0 Å². The third kappa shape index (κ3) is 5.99. The number of urea groups is 1. The van der Waals surface area contributed by atoms with Crippen molar-refractivity contribution in [2.24, 2.45) is 5.92 Å². The van der Waals surface area contributed by atoms with Crippen LogP contribution in [0.3, 0.4) is 0 Å². The topological polar surface area (TPSA) is 97.0 Å². The average Bonchev–Trinajstić information content (AvgIpc) is 3.57. The molecule has 0 spiro atoms. The lowest BCUT2D eigenvalue weighted by Gasteiger charge is -2.37. The number of carbonyl (C=O) groups excluding carboxylic acids is 2. The zero-order valence-corrected chi connectivity index (χ0v) is 23.7. The fraction of sp³-hybridized carbons (Fsp3) is 0.552. The van der Waals surface area contributed by atoms with Crippen LogP contribution in [0.25, 0.3) is 6.08 Å². The van der Waals surface area contributed by atoms with Crippen LogP contribution >= 0.6 is 0 Å². The molecular formula is C29H41N7O3. The molecule has 39 heavy (non-hydrogen) atoms. The third-order valence-corrected chi connectivity index (χ3v) is 7.65. The number of aromatic amines is 1. The van der Waals surface area contributed by atoms with Crippen LogP contribution in [0.4, 0.5) is 26.9 Å². The number of H-pyrrole nitrogens is 1. The molecule has 2 aromatic heterocycles. The molecule has 0 bridgehead atoms. The number of ether oxygens (including phenoxy) is 1. The van der Waals surface area contributed by atoms with Gasteiger partial charge in [-0.25, -0.2) is 14.6 Å². The molecule has 210 valence electrons. The van der Waals surface area contributed by atoms with Crippen molar-refractivity contribution < 1.29 is 14.3 Å². The standard InChI is InChI=1S/C29H41N7O3/c1-29(2,3)39-28(38)35-16-14-34(15-17-35)22-10-11-23(30-19-22)31-24-18-21-12-13-36(27(37)33(4)5)26(25(21)32-24)20-8-6-7-9-20/h10-13,18-20,26,32H,6-9,14-17H2,1-5H3,(H,30,31). The first-order chi connectivity index (χ1) is 18.6. The van der Waals surface area contributed by atoms with Crippen LogP contribution in [0.15, 0.2) is 30.6 Å². The van der Waals surface area contributed by atoms with Gasteiger partial charge in [0.1, 0.15) is 17.2 Å². The summed E-state index contributed by atoms with van der Waals surface area (Å²) in [4.78, 5) is 41.1. The van der Waals surface area contributed by atoms with Crippen molar-refractivity contribution in [3.05, 3.63) is 41.9 Å². The number of fused-ring (bicyclic) bond motifs is 1. The second-order valence-electron chi connectivity index (χ2n) is 11.9. The highest BCUT2D eigenvalue weighted by Crippen LogP contribution is 2.44. The van der Waals surface area contributed by atoms with Crippen molar-refractivity contribution in [3.63, 3.8) is 0 Å². The summed E-state index contributed by atoms with van der Waals surface area (Å²) in [5.74, 6) is 2.04. The van der Waals surface area contributed by atoms with E-state index in [1.165, 1.54) is 12.8 Å². The molecule has 2 fully saturated rings. The van der Waals surface area contributed by atoms with Crippen molar-refractivity contribution in [3.8, 4) is 0 Å². The molecule has 3 amide bonds. The van der Waals surface area contributed by atoms with E-state index in [2.05, 4.69) is 32.3 Å². The largest absolute Gasteiger partial charge is 0.444 e. The number of hydrogen-bond donors (Lipinski definition) is 2. The number of rotatable bonds is 4. The highest BCUT2D eigenvalue weighted by atomic mass is 16.6. The molecular weight excluding hydrogens is 494 g/mol. The van der Waals surface area contributed by atoms with Gasteiger partial charge in [0.25, 0.3) is 0 Å². The lowest BCUT2D eigenvalue weighted by Crippen LogP contribution is -2.50. The maximum Gasteiger partial charge on any atom is 0.410 e. The third-order valence-electron chi connectivity index (χ3n) is 7.65. The first-order valence-corrected chi connectivity index (χ1v) is 14.0. The molecule has 2 aliphatic heterocycles. The number of pyridine rings is 1. The van der Waals surface area contributed by atoms with Gasteiger partial charge in [0, 0.05) is 57.7 Å². The summed E-state index contributed by atoms with van der Waals surface area (Å²) in [5.41, 5.74) is 2.73. The quantitative estimate of drug-likeness (QED) is 0.544. The minimum atomic E-state index is -0.490. The smallest absolute Gasteiger partial charge is 0.410 e. The van der Waals surface area contributed by atoms with Gasteiger partial charge in [0.2, 0.25) is 0 Å². The van der Waals surface area contributed by atoms with Crippen LogP contribution in [0.5, 0.6) is 0 Å². The van der Waals surface area contributed by atoms with E-state index in [1.807, 2.05) is 50.2 Å². The van der Waals surface area contributed by atoms with Crippen molar-refractivity contribution in [2.45, 2.75) is 58.1 Å². The van der Waals surface area contributed by atoms with Gasteiger partial charge in [-0.1, -0.05) is 12.8 Å². The summed E-state index contributed by atoms with van der Waals surface area (Å²) in [6, 6.07) is 6.13. The first-order valence-electron chi connectivity index (χ1n) is 14.0. The highest BCUT2D eigenvalue weighted by Gasteiger charge is 2.37. The van der Waals surface area contributed by atoms with Crippen LogP contribution in [0.2, 0.25) is 0 Å². The maximum atomic E-state index is 13.0. The van der Waals surface area contributed by atoms with E-state index in [1.54, 1.807) is 23.9 Å². The van der Waals surface area contributed by atoms with Crippen molar-refractivity contribution in [2.75, 3.05) is 50.5 Å². The molecule has 0 radical (unpaired) electrons. The molecule has 1 unspecified atom stereocenters. The Bertz CT molecular complexity index is 1200. The fourth-order valence-corrected chi connectivity index (χ4v) is 5.74. The highest BCUT2D eigenvalue weighted by molar-refractivity contribution is 5.79. The van der Waals surface area contributed by atoms with Gasteiger partial charge in [0.15, 0.2) is 0 Å². The first kappa shape index (κ1) is 26.9. The summed E-state index contributed by atoms with van der Waals surface area (Å²) in [6.45, 7) is 8.35. The van der Waals surface area contributed by atoms with E-state index in [-0.39, 0.29) is 18.2 Å². The molecule has 4 heterocycles. The van der Waals surface area contributed by atoms with Crippen LogP contribution in [-0.2, 0) is 4.74 Å². The normalized spacial score (nSPS) is 19.7. The van der Waals surface area contributed by atoms with E-state index in [0.29, 0.717) is 19.0 Å². The van der Waals surface area contributed by atoms with E-state index >= 15 is 0 Å². The molecule has 3 aliphatic rings. The Kier molecular flexibility index (Phi) is 7.46. The zero-order chi connectivity index (χ0) is 27.7. The molecule has 2 aromatic rings. The Morgan fingerprint density at radius 1 is 1.10 bits per heavy atom. The number of amides is 3. The fourth-order valence-electron chi connectivity index (χ4n) is 5.74. The zero-order valence-electron chi connectivity index (χ0n) is 23.7. The van der Waals surface area contributed by atoms with Crippen LogP contribution in [0, 0.1) is 5.92 Å². The van der Waals surface area contributed by atoms with Gasteiger partial charge in [-0.15, -0.1) is 0 Å². The summed E-state index contributed by atoms with van der Waals surface area (Å²) >= 11 is 0. The molecule has 1 saturated carbocycles. The van der Waals surface area contributed by atoms with E-state index in [4.69, 9.17) is 4.74 Å². The number of anilines is 3. The predicted molar refractivity (Wildman–Crippen MR) is 153 cm³/mol. The maximum absolute atomic E-state index is 13.0. The minimum absolute atomic E-state index is 0.00194. The van der Waals surface area contributed by atoms with Crippen LogP contribution in [-0.4, -0.2) is 82.7 Å². The Labute approximate surface area is 231 Å². The van der Waals surface area contributed by atoms with E-state index in [0.717, 1.165) is 54.5 Å². The minimum Gasteiger partial charge on any atom is -0.444 e. The summed E-state index contributed by atoms with van der Waals surface area (Å²) < 4.78 is 5.50. The lowest BCUT2D eigenvalue weighted by molar-refractivity contribution is 0.0240. The number of piperazine rings is 1. The second kappa shape index (κ2) is 10.8. The SMILES string of the molecule is CN(C)C(=O)N1C=Cc2cc(Nc3ccc(N4CCN(C(=O)OC(C)(C)C)CC4)cn3)[nH]c2C1C1CCCC1. The van der Waals surface area contributed by atoms with Crippen molar-refractivity contribution >= 4 is 35.5 Å². The lowest BCUT2D eigenvalue weighted by atomic mass is 9.90. The average molecular weight is 536 g/mol. The van der Waals surface area contributed by atoms with Gasteiger partial charge in [-0.3, -0.25) is 4.90 Å². The Morgan fingerprint density at radius 2 is 1.82 bits per heavy atom. The number of nitrogens with zero attached hydrogens (tertiary/aromatic N) is 5. The summed E-state index contributed by atoms with van der Waals surface area (Å²) in [7, 11) is 3.60. The molecule has 1 saturated heterocycles. The molecule has 10 nitrogen and oxygen atoms in total. The van der Waals surface area contributed by atoms with E-state index in [9.17, 15) is 9.59 Å². The monoisotopic (exact) mass is 535 g/mol. The Balaban J connectivity index is 1.24. The van der Waals surface area contributed by atoms with E-state index < -0.39 is 5.60 Å². The molecule has 10 heteroatoms. The van der Waals surface area contributed by atoms with Gasteiger partial charge in [0.05, 0.1) is 17.9 Å². The van der Waals surface area contributed by atoms with Gasteiger partial charge in [-0.05, 0) is 63.8 Å². The molecule has 5 rings (SSSR count). The number of aromatic nitrogens is 2. The number of nitrogens with one attached hydrogen (secondary N) is 2. The van der Waals surface area contributed by atoms with Crippen LogP contribution in [0.1, 0.15) is 63.8 Å². The van der Waals surface area contributed by atoms with Crippen molar-refractivity contribution in [1.29, 1.82) is 0 Å². The van der Waals surface area contributed by atoms with Gasteiger partial charge >= 0.3 is 12.1 Å². The van der Waals surface area contributed by atoms with Gasteiger partial charge < -0.3 is 29.7 Å². The molecule has 1 aliphatic carbocycles. The van der Waals surface area contributed by atoms with Crippen LogP contribution < -0.4 is 10.2 Å². The number of hydrogen-bond acceptors (Lipinski definition) is 6. The molecule has 0 aromatic carbocycles. The van der Waals surface area contributed by atoms with Crippen molar-refractivity contribution in [1.82, 2.24) is 24.7 Å². The Hall–Kier alpha value is -3.69. The second-order valence-corrected chi connectivity index (χ2v) is 11.9. The number of carbonyl (C=O) groups is 2. The predicted octanol–water partition coefficient (Wildman–Crippen LogP) is 5.41.